The van der Waals surface area contributed by atoms with Crippen LogP contribution >= 0.6 is 0 Å². The largest absolute Gasteiger partial charge is 0.264 e. The van der Waals surface area contributed by atoms with E-state index in [0.717, 1.165) is 18.4 Å². The number of rotatable bonds is 7. The van der Waals surface area contributed by atoms with Crippen molar-refractivity contribution < 1.29 is 0 Å². The van der Waals surface area contributed by atoms with Crippen LogP contribution in [0.25, 0.3) is 0 Å². The Balaban J connectivity index is 2.39. The van der Waals surface area contributed by atoms with Gasteiger partial charge in [0.25, 0.3) is 0 Å². The molecule has 3 heteroatoms. The van der Waals surface area contributed by atoms with Gasteiger partial charge < -0.3 is 0 Å². The van der Waals surface area contributed by atoms with E-state index in [4.69, 9.17) is 0 Å². The van der Waals surface area contributed by atoms with E-state index in [1.165, 1.54) is 19.3 Å². The molecule has 1 rings (SSSR count). The van der Waals surface area contributed by atoms with E-state index < -0.39 is 0 Å². The monoisotopic (exact) mass is 206 g/mol. The maximum atomic E-state index is 10.7. The second-order valence-corrected chi connectivity index (χ2v) is 3.76. The van der Waals surface area contributed by atoms with Gasteiger partial charge in [-0.1, -0.05) is 43.9 Å². The SMILES string of the molecule is CCCCCCC(N=O)c1cccnc1. The predicted octanol–water partition coefficient (Wildman–Crippen LogP) is 3.86. The maximum absolute atomic E-state index is 10.7. The fourth-order valence-electron chi connectivity index (χ4n) is 1.62. The second kappa shape index (κ2) is 7.10. The Morgan fingerprint density at radius 2 is 2.27 bits per heavy atom. The van der Waals surface area contributed by atoms with E-state index in [1.54, 1.807) is 12.4 Å². The number of hydrogen-bond acceptors (Lipinski definition) is 3. The lowest BCUT2D eigenvalue weighted by Gasteiger charge is -2.07. The number of nitroso groups, excluding NO2 is 1. The highest BCUT2D eigenvalue weighted by Gasteiger charge is 2.10. The zero-order valence-electron chi connectivity index (χ0n) is 9.22. The summed E-state index contributed by atoms with van der Waals surface area (Å²) in [6, 6.07) is 3.55. The van der Waals surface area contributed by atoms with Crippen molar-refractivity contribution in [2.45, 2.75) is 45.1 Å². The maximum Gasteiger partial charge on any atom is 0.118 e. The van der Waals surface area contributed by atoms with Crippen molar-refractivity contribution in [2.24, 2.45) is 5.18 Å². The predicted molar refractivity (Wildman–Crippen MR) is 61.5 cm³/mol. The molecule has 0 aliphatic heterocycles. The fourth-order valence-corrected chi connectivity index (χ4v) is 1.62. The van der Waals surface area contributed by atoms with Gasteiger partial charge in [0.15, 0.2) is 0 Å². The van der Waals surface area contributed by atoms with Crippen molar-refractivity contribution in [3.8, 4) is 0 Å². The lowest BCUT2D eigenvalue weighted by atomic mass is 10.0. The van der Waals surface area contributed by atoms with Gasteiger partial charge in [-0.2, -0.15) is 4.91 Å². The summed E-state index contributed by atoms with van der Waals surface area (Å²) in [5.74, 6) is 0. The molecule has 0 fully saturated rings. The molecule has 0 N–H and O–H groups in total. The standard InChI is InChI=1S/C12H18N2O/c1-2-3-4-5-8-12(14-15)11-7-6-9-13-10-11/h6-7,9-10,12H,2-5,8H2,1H3. The van der Waals surface area contributed by atoms with E-state index in [1.807, 2.05) is 12.1 Å². The molecule has 0 aliphatic carbocycles. The van der Waals surface area contributed by atoms with Gasteiger partial charge in [-0.3, -0.25) is 4.98 Å². The van der Waals surface area contributed by atoms with Crippen molar-refractivity contribution in [2.75, 3.05) is 0 Å². The van der Waals surface area contributed by atoms with Crippen LogP contribution in [0.1, 0.15) is 50.6 Å². The number of unbranched alkanes of at least 4 members (excludes halogenated alkanes) is 3. The Kier molecular flexibility index (Phi) is 5.59. The highest BCUT2D eigenvalue weighted by Crippen LogP contribution is 2.22. The quantitative estimate of drug-likeness (QED) is 0.502. The Labute approximate surface area is 90.9 Å². The smallest absolute Gasteiger partial charge is 0.118 e. The zero-order valence-corrected chi connectivity index (χ0v) is 9.22. The third-order valence-corrected chi connectivity index (χ3v) is 2.53. The molecule has 15 heavy (non-hydrogen) atoms. The Bertz CT molecular complexity index is 274. The van der Waals surface area contributed by atoms with E-state index in [0.29, 0.717) is 0 Å². The van der Waals surface area contributed by atoms with Gasteiger partial charge in [-0.15, -0.1) is 0 Å². The molecule has 82 valence electrons. The van der Waals surface area contributed by atoms with E-state index in [2.05, 4.69) is 17.1 Å². The van der Waals surface area contributed by atoms with Crippen LogP contribution in [0.15, 0.2) is 29.7 Å². The van der Waals surface area contributed by atoms with E-state index in [9.17, 15) is 4.91 Å². The Morgan fingerprint density at radius 1 is 1.40 bits per heavy atom. The van der Waals surface area contributed by atoms with Crippen molar-refractivity contribution in [1.82, 2.24) is 4.98 Å². The molecule has 1 unspecified atom stereocenters. The molecule has 0 saturated heterocycles. The third-order valence-electron chi connectivity index (χ3n) is 2.53. The molecule has 3 nitrogen and oxygen atoms in total. The minimum absolute atomic E-state index is 0.212. The van der Waals surface area contributed by atoms with Crippen LogP contribution in [-0.2, 0) is 0 Å². The van der Waals surface area contributed by atoms with Crippen molar-refractivity contribution in [3.05, 3.63) is 35.0 Å². The van der Waals surface area contributed by atoms with Crippen LogP contribution in [0.3, 0.4) is 0 Å². The molecule has 0 saturated carbocycles. The highest BCUT2D eigenvalue weighted by atomic mass is 16.3. The van der Waals surface area contributed by atoms with Gasteiger partial charge in [-0.25, -0.2) is 0 Å². The summed E-state index contributed by atoms with van der Waals surface area (Å²) in [6.45, 7) is 2.18. The summed E-state index contributed by atoms with van der Waals surface area (Å²) in [6.07, 6.45) is 8.98. The van der Waals surface area contributed by atoms with Crippen LogP contribution in [0.4, 0.5) is 0 Å². The van der Waals surface area contributed by atoms with Crippen LogP contribution < -0.4 is 0 Å². The Morgan fingerprint density at radius 3 is 2.87 bits per heavy atom. The molecule has 1 aromatic heterocycles. The highest BCUT2D eigenvalue weighted by molar-refractivity contribution is 5.13. The van der Waals surface area contributed by atoms with Crippen molar-refractivity contribution in [1.29, 1.82) is 0 Å². The molecule has 0 radical (unpaired) electrons. The molecule has 0 aliphatic rings. The lowest BCUT2D eigenvalue weighted by molar-refractivity contribution is 0.564. The summed E-state index contributed by atoms with van der Waals surface area (Å²) in [5, 5.41) is 3.17. The van der Waals surface area contributed by atoms with Crippen LogP contribution in [0.2, 0.25) is 0 Å². The minimum Gasteiger partial charge on any atom is -0.264 e. The van der Waals surface area contributed by atoms with Gasteiger partial charge >= 0.3 is 0 Å². The van der Waals surface area contributed by atoms with Crippen LogP contribution in [0, 0.1) is 4.91 Å². The first-order valence-electron chi connectivity index (χ1n) is 5.61. The summed E-state index contributed by atoms with van der Waals surface area (Å²) in [7, 11) is 0. The molecule has 1 atom stereocenters. The summed E-state index contributed by atoms with van der Waals surface area (Å²) in [4.78, 5) is 14.7. The average molecular weight is 206 g/mol. The molecule has 0 aromatic carbocycles. The molecular formula is C12H18N2O. The first kappa shape index (κ1) is 11.8. The van der Waals surface area contributed by atoms with E-state index in [-0.39, 0.29) is 6.04 Å². The molecule has 0 amide bonds. The lowest BCUT2D eigenvalue weighted by Crippen LogP contribution is -1.95. The molecule has 1 heterocycles. The normalized spacial score (nSPS) is 12.3. The molecular weight excluding hydrogens is 188 g/mol. The summed E-state index contributed by atoms with van der Waals surface area (Å²) >= 11 is 0. The van der Waals surface area contributed by atoms with Gasteiger partial charge in [0.2, 0.25) is 0 Å². The summed E-state index contributed by atoms with van der Waals surface area (Å²) < 4.78 is 0. The Hall–Kier alpha value is -1.25. The fraction of sp³-hybridized carbons (Fsp3) is 0.583. The topological polar surface area (TPSA) is 42.3 Å². The average Bonchev–Trinajstić information content (AvgIpc) is 2.30. The molecule has 0 spiro atoms. The second-order valence-electron chi connectivity index (χ2n) is 3.76. The molecule has 1 aromatic rings. The van der Waals surface area contributed by atoms with Gasteiger partial charge in [0, 0.05) is 12.4 Å². The summed E-state index contributed by atoms with van der Waals surface area (Å²) in [5.41, 5.74) is 0.934. The van der Waals surface area contributed by atoms with Gasteiger partial charge in [0.1, 0.15) is 6.04 Å². The van der Waals surface area contributed by atoms with Crippen LogP contribution in [-0.4, -0.2) is 4.98 Å². The van der Waals surface area contributed by atoms with Crippen LogP contribution in [0.5, 0.6) is 0 Å². The molecule has 0 bridgehead atoms. The number of nitrogens with zero attached hydrogens (tertiary/aromatic N) is 2. The minimum atomic E-state index is -0.212. The van der Waals surface area contributed by atoms with E-state index >= 15 is 0 Å². The van der Waals surface area contributed by atoms with Crippen molar-refractivity contribution in [3.63, 3.8) is 0 Å². The number of pyridine rings is 1. The number of hydrogen-bond donors (Lipinski definition) is 0. The zero-order chi connectivity index (χ0) is 10.9. The van der Waals surface area contributed by atoms with Crippen molar-refractivity contribution >= 4 is 0 Å². The first-order valence-corrected chi connectivity index (χ1v) is 5.61. The van der Waals surface area contributed by atoms with Gasteiger partial charge in [0.05, 0.1) is 0 Å². The number of aromatic nitrogens is 1. The third kappa shape index (κ3) is 4.19. The first-order chi connectivity index (χ1) is 7.38. The van der Waals surface area contributed by atoms with Gasteiger partial charge in [-0.05, 0) is 18.1 Å².